The van der Waals surface area contributed by atoms with Crippen LogP contribution in [0.15, 0.2) is 29.4 Å². The van der Waals surface area contributed by atoms with Gasteiger partial charge in [0, 0.05) is 5.41 Å². The number of hydrogen-bond donors (Lipinski definition) is 2. The lowest BCUT2D eigenvalue weighted by molar-refractivity contribution is 0.153. The number of nitrogens with zero attached hydrogens (tertiary/aromatic N) is 3. The third-order valence-electron chi connectivity index (χ3n) is 4.38. The second kappa shape index (κ2) is 5.61. The fourth-order valence-electron chi connectivity index (χ4n) is 2.76. The number of rotatable bonds is 3. The number of likely N-dealkylation sites (tertiary alicyclic amines) is 1. The lowest BCUT2D eigenvalue weighted by Gasteiger charge is -2.38. The third-order valence-corrected chi connectivity index (χ3v) is 5.40. The van der Waals surface area contributed by atoms with E-state index in [2.05, 4.69) is 34.1 Å². The van der Waals surface area contributed by atoms with Gasteiger partial charge in [0.2, 0.25) is 0 Å². The van der Waals surface area contributed by atoms with Gasteiger partial charge in [0.05, 0.1) is 16.8 Å². The van der Waals surface area contributed by atoms with Gasteiger partial charge < -0.3 is 10.9 Å². The zero-order valence-corrected chi connectivity index (χ0v) is 12.9. The first-order valence-corrected chi connectivity index (χ1v) is 7.97. The largest absolute Gasteiger partial charge is 0.409 e. The SMILES string of the molecule is CC1(/C(N)=N/O)CCN(Cc2nc3ccccc3s2)CC1. The van der Waals surface area contributed by atoms with Crippen LogP contribution < -0.4 is 5.73 Å². The summed E-state index contributed by atoms with van der Waals surface area (Å²) < 4.78 is 1.24. The predicted octanol–water partition coefficient (Wildman–Crippen LogP) is 2.64. The summed E-state index contributed by atoms with van der Waals surface area (Å²) >= 11 is 1.76. The average molecular weight is 304 g/mol. The molecule has 21 heavy (non-hydrogen) atoms. The fraction of sp³-hybridized carbons (Fsp3) is 0.467. The molecule has 0 unspecified atom stereocenters. The molecule has 3 N–H and O–H groups in total. The van der Waals surface area contributed by atoms with Crippen molar-refractivity contribution in [2.75, 3.05) is 13.1 Å². The lowest BCUT2D eigenvalue weighted by atomic mass is 9.79. The third kappa shape index (κ3) is 2.87. The van der Waals surface area contributed by atoms with Crippen LogP contribution in [0.3, 0.4) is 0 Å². The first-order chi connectivity index (χ1) is 10.1. The highest BCUT2D eigenvalue weighted by Gasteiger charge is 2.34. The standard InChI is InChI=1S/C15H20N4OS/c1-15(14(16)18-20)6-8-19(9-7-15)10-13-17-11-4-2-3-5-12(11)21-13/h2-5,20H,6-10H2,1H3,(H2,16,18). The minimum absolute atomic E-state index is 0.182. The van der Waals surface area contributed by atoms with Crippen LogP contribution in [0.1, 0.15) is 24.8 Å². The molecule has 0 aliphatic carbocycles. The summed E-state index contributed by atoms with van der Waals surface area (Å²) in [5.74, 6) is 0.349. The summed E-state index contributed by atoms with van der Waals surface area (Å²) in [5.41, 5.74) is 6.70. The highest BCUT2D eigenvalue weighted by Crippen LogP contribution is 2.32. The van der Waals surface area contributed by atoms with Crippen LogP contribution in [0.25, 0.3) is 10.2 Å². The molecule has 1 saturated heterocycles. The van der Waals surface area contributed by atoms with E-state index in [1.54, 1.807) is 11.3 Å². The molecule has 0 atom stereocenters. The van der Waals surface area contributed by atoms with E-state index in [-0.39, 0.29) is 5.41 Å². The van der Waals surface area contributed by atoms with E-state index in [1.165, 1.54) is 4.70 Å². The Hall–Kier alpha value is -1.66. The zero-order valence-electron chi connectivity index (χ0n) is 12.1. The van der Waals surface area contributed by atoms with Gasteiger partial charge in [-0.25, -0.2) is 4.98 Å². The van der Waals surface area contributed by atoms with Gasteiger partial charge in [-0.2, -0.15) is 0 Å². The van der Waals surface area contributed by atoms with Crippen LogP contribution in [-0.4, -0.2) is 34.0 Å². The maximum absolute atomic E-state index is 8.87. The smallest absolute Gasteiger partial charge is 0.145 e. The molecule has 1 aromatic heterocycles. The van der Waals surface area contributed by atoms with Crippen molar-refractivity contribution in [3.8, 4) is 0 Å². The summed E-state index contributed by atoms with van der Waals surface area (Å²) in [5, 5.41) is 13.2. The van der Waals surface area contributed by atoms with Crippen molar-refractivity contribution in [1.29, 1.82) is 0 Å². The molecule has 0 amide bonds. The molecule has 2 heterocycles. The number of nitrogens with two attached hydrogens (primary N) is 1. The van der Waals surface area contributed by atoms with E-state index in [9.17, 15) is 0 Å². The molecule has 3 rings (SSSR count). The summed E-state index contributed by atoms with van der Waals surface area (Å²) in [6.07, 6.45) is 1.82. The molecule has 0 spiro atoms. The van der Waals surface area contributed by atoms with Gasteiger partial charge in [0.15, 0.2) is 0 Å². The van der Waals surface area contributed by atoms with E-state index < -0.39 is 0 Å². The van der Waals surface area contributed by atoms with Gasteiger partial charge >= 0.3 is 0 Å². The fourth-order valence-corrected chi connectivity index (χ4v) is 3.77. The summed E-state index contributed by atoms with van der Waals surface area (Å²) in [6, 6.07) is 8.24. The van der Waals surface area contributed by atoms with Gasteiger partial charge in [-0.3, -0.25) is 4.90 Å². The van der Waals surface area contributed by atoms with E-state index >= 15 is 0 Å². The van der Waals surface area contributed by atoms with Crippen LogP contribution in [0.4, 0.5) is 0 Å². The first kappa shape index (κ1) is 14.3. The van der Waals surface area contributed by atoms with Gasteiger partial charge in [-0.05, 0) is 38.1 Å². The molecule has 0 saturated carbocycles. The van der Waals surface area contributed by atoms with Crippen molar-refractivity contribution < 1.29 is 5.21 Å². The van der Waals surface area contributed by atoms with Gasteiger partial charge in [-0.15, -0.1) is 11.3 Å². The zero-order chi connectivity index (χ0) is 14.9. The Balaban J connectivity index is 1.65. The number of para-hydroxylation sites is 1. The van der Waals surface area contributed by atoms with Crippen molar-refractivity contribution in [2.45, 2.75) is 26.3 Å². The molecule has 1 aliphatic rings. The van der Waals surface area contributed by atoms with E-state index in [1.807, 2.05) is 12.1 Å². The Labute approximate surface area is 128 Å². The number of thiazole rings is 1. The monoisotopic (exact) mass is 304 g/mol. The maximum Gasteiger partial charge on any atom is 0.145 e. The number of benzene rings is 1. The minimum atomic E-state index is -0.182. The summed E-state index contributed by atoms with van der Waals surface area (Å²) in [6.45, 7) is 4.84. The molecule has 6 heteroatoms. The molecule has 5 nitrogen and oxygen atoms in total. The number of oxime groups is 1. The first-order valence-electron chi connectivity index (χ1n) is 7.15. The van der Waals surface area contributed by atoms with Gasteiger partial charge in [-0.1, -0.05) is 24.2 Å². The van der Waals surface area contributed by atoms with Crippen LogP contribution in [0.2, 0.25) is 0 Å². The Kier molecular flexibility index (Phi) is 3.82. The Morgan fingerprint density at radius 2 is 2.14 bits per heavy atom. The lowest BCUT2D eigenvalue weighted by Crippen LogP contribution is -2.45. The van der Waals surface area contributed by atoms with Crippen molar-refractivity contribution in [3.63, 3.8) is 0 Å². The van der Waals surface area contributed by atoms with Crippen molar-refractivity contribution in [1.82, 2.24) is 9.88 Å². The number of hydrogen-bond acceptors (Lipinski definition) is 5. The van der Waals surface area contributed by atoms with Crippen LogP contribution in [0.5, 0.6) is 0 Å². The maximum atomic E-state index is 8.87. The quantitative estimate of drug-likeness (QED) is 0.396. The molecule has 1 aliphatic heterocycles. The van der Waals surface area contributed by atoms with Crippen molar-refractivity contribution in [3.05, 3.63) is 29.3 Å². The molecular weight excluding hydrogens is 284 g/mol. The second-order valence-corrected chi connectivity index (χ2v) is 7.01. The van der Waals surface area contributed by atoms with Crippen LogP contribution in [-0.2, 0) is 6.54 Å². The molecule has 2 aromatic rings. The number of aromatic nitrogens is 1. The van der Waals surface area contributed by atoms with E-state index in [0.29, 0.717) is 5.84 Å². The molecule has 0 radical (unpaired) electrons. The molecule has 0 bridgehead atoms. The molecule has 1 fully saturated rings. The van der Waals surface area contributed by atoms with Crippen LogP contribution >= 0.6 is 11.3 Å². The molecule has 1 aromatic carbocycles. The summed E-state index contributed by atoms with van der Waals surface area (Å²) in [7, 11) is 0. The minimum Gasteiger partial charge on any atom is -0.409 e. The van der Waals surface area contributed by atoms with E-state index in [4.69, 9.17) is 10.9 Å². The number of fused-ring (bicyclic) bond motifs is 1. The number of amidine groups is 1. The highest BCUT2D eigenvalue weighted by molar-refractivity contribution is 7.18. The van der Waals surface area contributed by atoms with Gasteiger partial charge in [0.25, 0.3) is 0 Å². The average Bonchev–Trinajstić information content (AvgIpc) is 2.91. The Morgan fingerprint density at radius 3 is 2.81 bits per heavy atom. The second-order valence-electron chi connectivity index (χ2n) is 5.90. The molecule has 112 valence electrons. The van der Waals surface area contributed by atoms with Crippen molar-refractivity contribution >= 4 is 27.4 Å². The number of piperidine rings is 1. The van der Waals surface area contributed by atoms with E-state index in [0.717, 1.165) is 43.0 Å². The predicted molar refractivity (Wildman–Crippen MR) is 85.6 cm³/mol. The van der Waals surface area contributed by atoms with Gasteiger partial charge in [0.1, 0.15) is 10.8 Å². The highest BCUT2D eigenvalue weighted by atomic mass is 32.1. The Bertz CT molecular complexity index is 625. The Morgan fingerprint density at radius 1 is 1.43 bits per heavy atom. The summed E-state index contributed by atoms with van der Waals surface area (Å²) in [4.78, 5) is 7.08. The molecular formula is C15H20N4OS. The topological polar surface area (TPSA) is 74.7 Å². The van der Waals surface area contributed by atoms with Crippen LogP contribution in [0, 0.1) is 5.41 Å². The van der Waals surface area contributed by atoms with Crippen molar-refractivity contribution in [2.24, 2.45) is 16.3 Å². The normalized spacial score (nSPS) is 20.0.